The third-order valence-corrected chi connectivity index (χ3v) is 6.55. The highest BCUT2D eigenvalue weighted by Crippen LogP contribution is 2.25. The van der Waals surface area contributed by atoms with Gasteiger partial charge in [0.2, 0.25) is 0 Å². The number of aryl methyl sites for hydroxylation is 1. The summed E-state index contributed by atoms with van der Waals surface area (Å²) in [5.41, 5.74) is 2.70. The Labute approximate surface area is 156 Å². The Kier molecular flexibility index (Phi) is 5.11. The van der Waals surface area contributed by atoms with Crippen molar-refractivity contribution in [1.29, 1.82) is 0 Å². The summed E-state index contributed by atoms with van der Waals surface area (Å²) in [6.07, 6.45) is 0. The fraction of sp³-hybridized carbons (Fsp3) is 0.105. The molecular weight excluding hydrogens is 368 g/mol. The van der Waals surface area contributed by atoms with E-state index < -0.39 is 10.0 Å². The van der Waals surface area contributed by atoms with Crippen LogP contribution in [0.15, 0.2) is 64.9 Å². The van der Waals surface area contributed by atoms with Crippen LogP contribution in [0.25, 0.3) is 0 Å². The number of benzene rings is 2. The van der Waals surface area contributed by atoms with Crippen molar-refractivity contribution in [1.82, 2.24) is 0 Å². The van der Waals surface area contributed by atoms with E-state index in [4.69, 9.17) is 0 Å². The summed E-state index contributed by atoms with van der Waals surface area (Å²) in [7, 11) is -3.57. The van der Waals surface area contributed by atoms with Gasteiger partial charge < -0.3 is 5.32 Å². The first kappa shape index (κ1) is 18.2. The van der Waals surface area contributed by atoms with Gasteiger partial charge in [-0.25, -0.2) is 8.42 Å². The summed E-state index contributed by atoms with van der Waals surface area (Å²) in [6.45, 7) is 3.39. The number of thiophene rings is 1. The van der Waals surface area contributed by atoms with Crippen molar-refractivity contribution in [2.75, 3.05) is 10.0 Å². The van der Waals surface area contributed by atoms with Crippen LogP contribution >= 0.6 is 11.3 Å². The maximum atomic E-state index is 12.3. The highest BCUT2D eigenvalue weighted by Gasteiger charge is 2.16. The molecule has 1 aromatic heterocycles. The van der Waals surface area contributed by atoms with Crippen molar-refractivity contribution in [2.45, 2.75) is 18.1 Å². The van der Waals surface area contributed by atoms with Gasteiger partial charge in [0.15, 0.2) is 5.78 Å². The smallest absolute Gasteiger partial charge is 0.271 e. The van der Waals surface area contributed by atoms with Gasteiger partial charge in [0.25, 0.3) is 10.0 Å². The Hall–Kier alpha value is -2.64. The van der Waals surface area contributed by atoms with Gasteiger partial charge in [-0.2, -0.15) is 0 Å². The molecule has 0 aliphatic heterocycles. The number of sulfonamides is 1. The van der Waals surface area contributed by atoms with Crippen molar-refractivity contribution in [3.63, 3.8) is 0 Å². The van der Waals surface area contributed by atoms with Gasteiger partial charge in [-0.15, -0.1) is 11.3 Å². The Morgan fingerprint density at radius 2 is 1.62 bits per heavy atom. The summed E-state index contributed by atoms with van der Waals surface area (Å²) < 4.78 is 27.6. The maximum absolute atomic E-state index is 12.3. The van der Waals surface area contributed by atoms with Crippen LogP contribution in [-0.2, 0) is 10.0 Å². The van der Waals surface area contributed by atoms with E-state index in [1.165, 1.54) is 18.3 Å². The van der Waals surface area contributed by atoms with E-state index in [0.717, 1.165) is 16.3 Å². The van der Waals surface area contributed by atoms with Crippen molar-refractivity contribution in [3.05, 3.63) is 71.1 Å². The van der Waals surface area contributed by atoms with Crippen LogP contribution in [0.5, 0.6) is 0 Å². The summed E-state index contributed by atoms with van der Waals surface area (Å²) >= 11 is 1.23. The van der Waals surface area contributed by atoms with Crippen LogP contribution < -0.4 is 10.0 Å². The molecule has 0 bridgehead atoms. The zero-order chi connectivity index (χ0) is 18.7. The van der Waals surface area contributed by atoms with E-state index >= 15 is 0 Å². The predicted octanol–water partition coefficient (Wildman–Crippen LogP) is 4.80. The lowest BCUT2D eigenvalue weighted by Crippen LogP contribution is -2.11. The fourth-order valence-corrected chi connectivity index (χ4v) is 4.71. The molecular formula is C19H18N2O3S2. The fourth-order valence-electron chi connectivity index (χ4n) is 2.37. The van der Waals surface area contributed by atoms with E-state index in [1.807, 2.05) is 19.1 Å². The van der Waals surface area contributed by atoms with E-state index in [1.54, 1.807) is 48.5 Å². The average Bonchev–Trinajstić information content (AvgIpc) is 3.04. The minimum Gasteiger partial charge on any atom is -0.356 e. The second-order valence-corrected chi connectivity index (χ2v) is 9.01. The zero-order valence-electron chi connectivity index (χ0n) is 14.3. The molecule has 1 heterocycles. The van der Waals surface area contributed by atoms with Crippen LogP contribution in [0, 0.1) is 6.92 Å². The van der Waals surface area contributed by atoms with E-state index in [2.05, 4.69) is 10.0 Å². The number of hydrogen-bond donors (Lipinski definition) is 2. The second-order valence-electron chi connectivity index (χ2n) is 5.81. The highest BCUT2D eigenvalue weighted by molar-refractivity contribution is 7.94. The molecule has 0 amide bonds. The molecule has 2 N–H and O–H groups in total. The molecule has 0 fully saturated rings. The molecule has 0 unspecified atom stereocenters. The van der Waals surface area contributed by atoms with Gasteiger partial charge >= 0.3 is 0 Å². The van der Waals surface area contributed by atoms with Crippen molar-refractivity contribution >= 4 is 44.2 Å². The summed E-state index contributed by atoms with van der Waals surface area (Å²) in [4.78, 5) is 12.4. The molecule has 134 valence electrons. The summed E-state index contributed by atoms with van der Waals surface area (Å²) in [6, 6.07) is 17.5. The number of rotatable bonds is 6. The largest absolute Gasteiger partial charge is 0.356 e. The van der Waals surface area contributed by atoms with Crippen LogP contribution in [0.3, 0.4) is 0 Å². The van der Waals surface area contributed by atoms with Gasteiger partial charge in [-0.05, 0) is 62.4 Å². The molecule has 0 saturated heterocycles. The molecule has 0 aliphatic rings. The van der Waals surface area contributed by atoms with Gasteiger partial charge in [-0.3, -0.25) is 9.52 Å². The monoisotopic (exact) mass is 386 g/mol. The Morgan fingerprint density at radius 1 is 0.923 bits per heavy atom. The maximum Gasteiger partial charge on any atom is 0.271 e. The second kappa shape index (κ2) is 7.31. The van der Waals surface area contributed by atoms with Crippen molar-refractivity contribution in [2.24, 2.45) is 0 Å². The van der Waals surface area contributed by atoms with E-state index in [9.17, 15) is 13.2 Å². The Balaban J connectivity index is 1.73. The molecule has 26 heavy (non-hydrogen) atoms. The first-order valence-electron chi connectivity index (χ1n) is 7.91. The lowest BCUT2D eigenvalue weighted by Gasteiger charge is -2.10. The highest BCUT2D eigenvalue weighted by atomic mass is 32.2. The Morgan fingerprint density at radius 3 is 2.23 bits per heavy atom. The molecule has 0 saturated carbocycles. The molecule has 0 radical (unpaired) electrons. The minimum absolute atomic E-state index is 0.00205. The van der Waals surface area contributed by atoms with Gasteiger partial charge in [-0.1, -0.05) is 12.1 Å². The standard InChI is InChI=1S/C19H18N2O3S2/c1-13-6-11-19(25-13)26(23,24)21-17-9-7-16(8-10-17)20-18-5-3-4-15(12-18)14(2)22/h3-12,20-21H,1-2H3. The van der Waals surface area contributed by atoms with E-state index in [0.29, 0.717) is 15.5 Å². The zero-order valence-corrected chi connectivity index (χ0v) is 15.9. The molecule has 7 heteroatoms. The van der Waals surface area contributed by atoms with Gasteiger partial charge in [0.05, 0.1) is 0 Å². The predicted molar refractivity (Wildman–Crippen MR) is 106 cm³/mol. The SMILES string of the molecule is CC(=O)c1cccc(Nc2ccc(NS(=O)(=O)c3ccc(C)s3)cc2)c1. The van der Waals surface area contributed by atoms with Crippen LogP contribution in [0.1, 0.15) is 22.2 Å². The first-order chi connectivity index (χ1) is 12.3. The normalized spacial score (nSPS) is 11.2. The van der Waals surface area contributed by atoms with E-state index in [-0.39, 0.29) is 5.78 Å². The third kappa shape index (κ3) is 4.30. The minimum atomic E-state index is -3.57. The van der Waals surface area contributed by atoms with Crippen molar-refractivity contribution in [3.8, 4) is 0 Å². The molecule has 2 aromatic carbocycles. The van der Waals surface area contributed by atoms with Crippen molar-refractivity contribution < 1.29 is 13.2 Å². The molecule has 0 aliphatic carbocycles. The Bertz CT molecular complexity index is 1040. The van der Waals surface area contributed by atoms with Gasteiger partial charge in [0.1, 0.15) is 4.21 Å². The third-order valence-electron chi connectivity index (χ3n) is 3.68. The molecule has 0 atom stereocenters. The number of carbonyl (C=O) groups is 1. The lowest BCUT2D eigenvalue weighted by atomic mass is 10.1. The first-order valence-corrected chi connectivity index (χ1v) is 10.2. The number of hydrogen-bond acceptors (Lipinski definition) is 5. The molecule has 0 spiro atoms. The number of Topliss-reactive ketones (excluding diaryl/α,β-unsaturated/α-hetero) is 1. The number of nitrogens with one attached hydrogen (secondary N) is 2. The average molecular weight is 386 g/mol. The molecule has 3 aromatic rings. The number of ketones is 1. The molecule has 5 nitrogen and oxygen atoms in total. The number of carbonyl (C=O) groups excluding carboxylic acids is 1. The number of anilines is 3. The van der Waals surface area contributed by atoms with Crippen LogP contribution in [-0.4, -0.2) is 14.2 Å². The van der Waals surface area contributed by atoms with Gasteiger partial charge in [0, 0.05) is 27.5 Å². The van der Waals surface area contributed by atoms with Crippen LogP contribution in [0.4, 0.5) is 17.1 Å². The topological polar surface area (TPSA) is 75.3 Å². The quantitative estimate of drug-likeness (QED) is 0.597. The van der Waals surface area contributed by atoms with Crippen LogP contribution in [0.2, 0.25) is 0 Å². The lowest BCUT2D eigenvalue weighted by molar-refractivity contribution is 0.101. The summed E-state index contributed by atoms with van der Waals surface area (Å²) in [5.74, 6) is 0.00205. The molecule has 3 rings (SSSR count). The summed E-state index contributed by atoms with van der Waals surface area (Å²) in [5, 5.41) is 3.20.